The molecule has 0 aliphatic rings. The molecule has 3 aromatic rings. The minimum Gasteiger partial charge on any atom is -0.489 e. The lowest BCUT2D eigenvalue weighted by atomic mass is 10.1. The Labute approximate surface area is 149 Å². The Morgan fingerprint density at radius 2 is 1.84 bits per heavy atom. The summed E-state index contributed by atoms with van der Waals surface area (Å²) in [6.07, 6.45) is 4.87. The molecule has 1 unspecified atom stereocenters. The number of hydrogen-bond donors (Lipinski definition) is 1. The van der Waals surface area contributed by atoms with Crippen molar-refractivity contribution in [3.05, 3.63) is 84.2 Å². The molecule has 4 nitrogen and oxygen atoms in total. The highest BCUT2D eigenvalue weighted by molar-refractivity contribution is 5.29. The van der Waals surface area contributed by atoms with Gasteiger partial charge in [0.1, 0.15) is 12.4 Å². The summed E-state index contributed by atoms with van der Waals surface area (Å²) in [7, 11) is 0. The number of aryl methyl sites for hydroxylation is 1. The molecule has 1 atom stereocenters. The van der Waals surface area contributed by atoms with E-state index >= 15 is 0 Å². The topological polar surface area (TPSA) is 39.1 Å². The quantitative estimate of drug-likeness (QED) is 0.596. The van der Waals surface area contributed by atoms with E-state index in [4.69, 9.17) is 4.74 Å². The first-order valence-electron chi connectivity index (χ1n) is 8.79. The van der Waals surface area contributed by atoms with Gasteiger partial charge < -0.3 is 10.1 Å². The molecule has 0 amide bonds. The van der Waals surface area contributed by atoms with Crippen molar-refractivity contribution in [1.29, 1.82) is 0 Å². The molecule has 0 radical (unpaired) electrons. The van der Waals surface area contributed by atoms with Crippen LogP contribution in [0.1, 0.15) is 30.5 Å². The highest BCUT2D eigenvalue weighted by Crippen LogP contribution is 2.18. The molecule has 2 aromatic carbocycles. The van der Waals surface area contributed by atoms with Gasteiger partial charge in [-0.25, -0.2) is 0 Å². The third-order valence-electron chi connectivity index (χ3n) is 4.20. The maximum atomic E-state index is 5.84. The number of hydrogen-bond acceptors (Lipinski definition) is 3. The van der Waals surface area contributed by atoms with Crippen LogP contribution in [0.25, 0.3) is 0 Å². The number of nitrogens with zero attached hydrogens (tertiary/aromatic N) is 2. The second-order valence-electron chi connectivity index (χ2n) is 6.14. The Bertz CT molecular complexity index is 724. The minimum absolute atomic E-state index is 0.320. The molecule has 3 rings (SSSR count). The molecule has 1 aromatic heterocycles. The predicted molar refractivity (Wildman–Crippen MR) is 100 cm³/mol. The fourth-order valence-corrected chi connectivity index (χ4v) is 2.70. The third-order valence-corrected chi connectivity index (χ3v) is 4.20. The summed E-state index contributed by atoms with van der Waals surface area (Å²) in [5, 5.41) is 7.77. The number of benzene rings is 2. The van der Waals surface area contributed by atoms with Gasteiger partial charge >= 0.3 is 0 Å². The van der Waals surface area contributed by atoms with Gasteiger partial charge in [0.2, 0.25) is 0 Å². The van der Waals surface area contributed by atoms with E-state index in [9.17, 15) is 0 Å². The maximum Gasteiger partial charge on any atom is 0.119 e. The molecule has 1 N–H and O–H groups in total. The lowest BCUT2D eigenvalue weighted by Crippen LogP contribution is -2.21. The van der Waals surface area contributed by atoms with E-state index in [1.165, 1.54) is 11.1 Å². The summed E-state index contributed by atoms with van der Waals surface area (Å²) < 4.78 is 7.80. The van der Waals surface area contributed by atoms with E-state index in [1.807, 2.05) is 53.5 Å². The van der Waals surface area contributed by atoms with Crippen LogP contribution in [0.2, 0.25) is 0 Å². The molecule has 130 valence electrons. The van der Waals surface area contributed by atoms with Crippen LogP contribution >= 0.6 is 0 Å². The molecule has 0 bridgehead atoms. The zero-order chi connectivity index (χ0) is 17.3. The molecule has 0 saturated heterocycles. The van der Waals surface area contributed by atoms with Crippen LogP contribution in [-0.4, -0.2) is 16.3 Å². The summed E-state index contributed by atoms with van der Waals surface area (Å²) >= 11 is 0. The van der Waals surface area contributed by atoms with E-state index in [0.29, 0.717) is 12.6 Å². The Kier molecular flexibility index (Phi) is 6.23. The smallest absolute Gasteiger partial charge is 0.119 e. The van der Waals surface area contributed by atoms with Crippen molar-refractivity contribution in [3.63, 3.8) is 0 Å². The summed E-state index contributed by atoms with van der Waals surface area (Å²) in [4.78, 5) is 0. The maximum absolute atomic E-state index is 5.84. The van der Waals surface area contributed by atoms with Crippen LogP contribution < -0.4 is 10.1 Å². The average molecular weight is 335 g/mol. The van der Waals surface area contributed by atoms with Crippen LogP contribution in [0, 0.1) is 0 Å². The van der Waals surface area contributed by atoms with E-state index in [-0.39, 0.29) is 0 Å². The van der Waals surface area contributed by atoms with Gasteiger partial charge in [0.05, 0.1) is 0 Å². The largest absolute Gasteiger partial charge is 0.489 e. The molecule has 1 heterocycles. The fourth-order valence-electron chi connectivity index (χ4n) is 2.70. The SMILES string of the molecule is CC(NCCCn1cccn1)c1ccc(OCc2ccccc2)cc1. The average Bonchev–Trinajstić information content (AvgIpc) is 3.18. The monoisotopic (exact) mass is 335 g/mol. The van der Waals surface area contributed by atoms with Crippen LogP contribution in [0.3, 0.4) is 0 Å². The highest BCUT2D eigenvalue weighted by atomic mass is 16.5. The molecular weight excluding hydrogens is 310 g/mol. The molecular formula is C21H25N3O. The Balaban J connectivity index is 1.41. The lowest BCUT2D eigenvalue weighted by molar-refractivity contribution is 0.306. The number of aromatic nitrogens is 2. The second-order valence-corrected chi connectivity index (χ2v) is 6.14. The third kappa shape index (κ3) is 5.47. The molecule has 0 spiro atoms. The Hall–Kier alpha value is -2.59. The molecule has 0 saturated carbocycles. The van der Waals surface area contributed by atoms with Crippen molar-refractivity contribution in [2.24, 2.45) is 0 Å². The summed E-state index contributed by atoms with van der Waals surface area (Å²) in [6, 6.07) is 20.8. The summed E-state index contributed by atoms with van der Waals surface area (Å²) in [6.45, 7) is 4.70. The Morgan fingerprint density at radius 1 is 1.04 bits per heavy atom. The lowest BCUT2D eigenvalue weighted by Gasteiger charge is -2.15. The molecule has 0 aliphatic heterocycles. The van der Waals surface area contributed by atoms with E-state index in [1.54, 1.807) is 0 Å². The van der Waals surface area contributed by atoms with E-state index in [2.05, 4.69) is 41.6 Å². The van der Waals surface area contributed by atoms with Gasteiger partial charge in [-0.05, 0) is 49.2 Å². The van der Waals surface area contributed by atoms with Crippen molar-refractivity contribution in [3.8, 4) is 5.75 Å². The van der Waals surface area contributed by atoms with Gasteiger partial charge in [-0.1, -0.05) is 42.5 Å². The highest BCUT2D eigenvalue weighted by Gasteiger charge is 2.05. The summed E-state index contributed by atoms with van der Waals surface area (Å²) in [5.41, 5.74) is 2.45. The van der Waals surface area contributed by atoms with E-state index in [0.717, 1.165) is 25.3 Å². The number of rotatable bonds is 9. The zero-order valence-electron chi connectivity index (χ0n) is 14.6. The van der Waals surface area contributed by atoms with Crippen molar-refractivity contribution in [1.82, 2.24) is 15.1 Å². The van der Waals surface area contributed by atoms with Crippen LogP contribution in [0.15, 0.2) is 73.1 Å². The first-order chi connectivity index (χ1) is 12.3. The van der Waals surface area contributed by atoms with Crippen molar-refractivity contribution >= 4 is 0 Å². The predicted octanol–water partition coefficient (Wildman–Crippen LogP) is 4.20. The van der Waals surface area contributed by atoms with Crippen molar-refractivity contribution in [2.45, 2.75) is 32.5 Å². The van der Waals surface area contributed by atoms with Crippen LogP contribution in [0.4, 0.5) is 0 Å². The molecule has 0 fully saturated rings. The summed E-state index contributed by atoms with van der Waals surface area (Å²) in [5.74, 6) is 0.901. The van der Waals surface area contributed by atoms with Gasteiger partial charge in [-0.15, -0.1) is 0 Å². The first kappa shape index (κ1) is 17.2. The zero-order valence-corrected chi connectivity index (χ0v) is 14.6. The van der Waals surface area contributed by atoms with Gasteiger partial charge in [-0.3, -0.25) is 4.68 Å². The standard InChI is InChI=1S/C21H25N3O/c1-18(22-13-5-15-24-16-6-14-23-24)20-9-11-21(12-10-20)25-17-19-7-3-2-4-8-19/h2-4,6-12,14,16,18,22H,5,13,15,17H2,1H3. The first-order valence-corrected chi connectivity index (χ1v) is 8.79. The fraction of sp³-hybridized carbons (Fsp3) is 0.286. The van der Waals surface area contributed by atoms with Gasteiger partial charge in [0.15, 0.2) is 0 Å². The van der Waals surface area contributed by atoms with Crippen LogP contribution in [-0.2, 0) is 13.2 Å². The second kappa shape index (κ2) is 9.04. The molecule has 0 aliphatic carbocycles. The normalized spacial score (nSPS) is 12.0. The minimum atomic E-state index is 0.320. The number of ether oxygens (including phenoxy) is 1. The van der Waals surface area contributed by atoms with Gasteiger partial charge in [0, 0.05) is 25.0 Å². The van der Waals surface area contributed by atoms with Crippen molar-refractivity contribution in [2.75, 3.05) is 6.54 Å². The van der Waals surface area contributed by atoms with E-state index < -0.39 is 0 Å². The Morgan fingerprint density at radius 3 is 2.56 bits per heavy atom. The van der Waals surface area contributed by atoms with Gasteiger partial charge in [-0.2, -0.15) is 5.10 Å². The van der Waals surface area contributed by atoms with Gasteiger partial charge in [0.25, 0.3) is 0 Å². The molecule has 25 heavy (non-hydrogen) atoms. The molecule has 4 heteroatoms. The van der Waals surface area contributed by atoms with Crippen LogP contribution in [0.5, 0.6) is 5.75 Å². The number of nitrogens with one attached hydrogen (secondary N) is 1. The van der Waals surface area contributed by atoms with Crippen molar-refractivity contribution < 1.29 is 4.74 Å².